The van der Waals surface area contributed by atoms with E-state index in [-0.39, 0.29) is 30.3 Å². The van der Waals surface area contributed by atoms with Crippen LogP contribution in [0.25, 0.3) is 0 Å². The molecule has 0 bridgehead atoms. The molecule has 0 aromatic heterocycles. The number of hydrogen-bond acceptors (Lipinski definition) is 4. The summed E-state index contributed by atoms with van der Waals surface area (Å²) in [6, 6.07) is 0.178. The van der Waals surface area contributed by atoms with Gasteiger partial charge in [0.2, 0.25) is 11.8 Å². The second-order valence-corrected chi connectivity index (χ2v) is 5.85. The first-order valence-corrected chi connectivity index (χ1v) is 7.81. The molecule has 0 spiro atoms. The quantitative estimate of drug-likeness (QED) is 0.614. The second-order valence-electron chi connectivity index (χ2n) is 5.85. The van der Waals surface area contributed by atoms with Crippen LogP contribution in [0.5, 0.6) is 0 Å². The molecule has 0 radical (unpaired) electrons. The number of halogens is 1. The summed E-state index contributed by atoms with van der Waals surface area (Å²) in [5.74, 6) is -0.0158. The van der Waals surface area contributed by atoms with Gasteiger partial charge in [0.25, 0.3) is 0 Å². The molecule has 130 valence electrons. The molecule has 1 aliphatic rings. The van der Waals surface area contributed by atoms with Crippen molar-refractivity contribution in [2.45, 2.75) is 45.6 Å². The Kier molecular flexibility index (Phi) is 10.4. The van der Waals surface area contributed by atoms with Crippen LogP contribution in [0.15, 0.2) is 0 Å². The zero-order valence-corrected chi connectivity index (χ0v) is 14.7. The fraction of sp³-hybridized carbons (Fsp3) is 0.867. The van der Waals surface area contributed by atoms with Gasteiger partial charge in [0.1, 0.15) is 0 Å². The minimum Gasteiger partial charge on any atom is -0.384 e. The van der Waals surface area contributed by atoms with Crippen molar-refractivity contribution in [1.82, 2.24) is 16.0 Å². The Balaban J connectivity index is 0.00000441. The van der Waals surface area contributed by atoms with Crippen molar-refractivity contribution >= 4 is 24.2 Å². The summed E-state index contributed by atoms with van der Waals surface area (Å²) in [5.41, 5.74) is -0.451. The molecule has 1 unspecified atom stereocenters. The number of hydrogen-bond donors (Lipinski definition) is 3. The molecule has 6 nitrogen and oxygen atoms in total. The minimum atomic E-state index is -0.451. The van der Waals surface area contributed by atoms with Crippen LogP contribution in [0.1, 0.15) is 39.5 Å². The molecule has 22 heavy (non-hydrogen) atoms. The van der Waals surface area contributed by atoms with Crippen LogP contribution in [-0.4, -0.2) is 51.2 Å². The first-order valence-electron chi connectivity index (χ1n) is 7.81. The summed E-state index contributed by atoms with van der Waals surface area (Å²) >= 11 is 0. The lowest BCUT2D eigenvalue weighted by molar-refractivity contribution is -0.136. The highest BCUT2D eigenvalue weighted by Crippen LogP contribution is 2.29. The number of carbonyl (C=O) groups excluding carboxylic acids is 2. The van der Waals surface area contributed by atoms with E-state index in [9.17, 15) is 9.59 Å². The van der Waals surface area contributed by atoms with Gasteiger partial charge in [-0.3, -0.25) is 9.59 Å². The Labute approximate surface area is 139 Å². The van der Waals surface area contributed by atoms with Crippen molar-refractivity contribution in [2.75, 3.05) is 33.4 Å². The van der Waals surface area contributed by atoms with Gasteiger partial charge in [-0.25, -0.2) is 0 Å². The van der Waals surface area contributed by atoms with E-state index < -0.39 is 5.41 Å². The van der Waals surface area contributed by atoms with Crippen molar-refractivity contribution in [3.8, 4) is 0 Å². The first kappa shape index (κ1) is 21.1. The summed E-state index contributed by atoms with van der Waals surface area (Å²) in [5, 5.41) is 9.04. The van der Waals surface area contributed by atoms with Gasteiger partial charge in [-0.1, -0.05) is 6.92 Å². The number of amides is 2. The van der Waals surface area contributed by atoms with Crippen LogP contribution in [0.4, 0.5) is 0 Å². The van der Waals surface area contributed by atoms with E-state index in [1.807, 2.05) is 13.8 Å². The molecule has 0 saturated carbocycles. The summed E-state index contributed by atoms with van der Waals surface area (Å²) in [7, 11) is 1.62. The van der Waals surface area contributed by atoms with Crippen LogP contribution in [-0.2, 0) is 14.3 Å². The van der Waals surface area contributed by atoms with E-state index in [1.54, 1.807) is 7.11 Å². The van der Waals surface area contributed by atoms with Crippen LogP contribution in [0.2, 0.25) is 0 Å². The molecule has 1 heterocycles. The standard InChI is InChI=1S/C15H29N3O3.ClH/c1-4-12(2)18-13(19)5-8-17-14(20)15(11-21-3)6-9-16-10-7-15;/h12,16H,4-11H2,1-3H3,(H,17,20)(H,18,19);1H. The van der Waals surface area contributed by atoms with Crippen LogP contribution < -0.4 is 16.0 Å². The number of ether oxygens (including phenoxy) is 1. The lowest BCUT2D eigenvalue weighted by atomic mass is 9.78. The average Bonchev–Trinajstić information content (AvgIpc) is 2.48. The fourth-order valence-electron chi connectivity index (χ4n) is 2.54. The molecule has 1 saturated heterocycles. The maximum atomic E-state index is 12.4. The number of methoxy groups -OCH3 is 1. The molecular formula is C15H30ClN3O3. The molecular weight excluding hydrogens is 306 g/mol. The van der Waals surface area contributed by atoms with Crippen molar-refractivity contribution < 1.29 is 14.3 Å². The summed E-state index contributed by atoms with van der Waals surface area (Å²) in [6.07, 6.45) is 2.76. The molecule has 1 atom stereocenters. The molecule has 2 amide bonds. The second kappa shape index (κ2) is 10.8. The van der Waals surface area contributed by atoms with Gasteiger partial charge in [-0.2, -0.15) is 0 Å². The van der Waals surface area contributed by atoms with E-state index in [2.05, 4.69) is 16.0 Å². The monoisotopic (exact) mass is 335 g/mol. The van der Waals surface area contributed by atoms with Gasteiger partial charge in [-0.15, -0.1) is 12.4 Å². The van der Waals surface area contributed by atoms with E-state index in [0.29, 0.717) is 19.6 Å². The van der Waals surface area contributed by atoms with Crippen molar-refractivity contribution in [3.05, 3.63) is 0 Å². The van der Waals surface area contributed by atoms with Gasteiger partial charge in [0, 0.05) is 26.1 Å². The summed E-state index contributed by atoms with van der Waals surface area (Å²) < 4.78 is 5.23. The van der Waals surface area contributed by atoms with E-state index in [0.717, 1.165) is 32.4 Å². The Morgan fingerprint density at radius 1 is 1.32 bits per heavy atom. The zero-order valence-electron chi connectivity index (χ0n) is 13.9. The topological polar surface area (TPSA) is 79.5 Å². The number of carbonyl (C=O) groups is 2. The first-order chi connectivity index (χ1) is 10.0. The van der Waals surface area contributed by atoms with Crippen LogP contribution in [0.3, 0.4) is 0 Å². The Bertz CT molecular complexity index is 341. The maximum Gasteiger partial charge on any atom is 0.228 e. The van der Waals surface area contributed by atoms with Gasteiger partial charge in [0.15, 0.2) is 0 Å². The summed E-state index contributed by atoms with van der Waals surface area (Å²) in [6.45, 7) is 6.45. The number of nitrogens with one attached hydrogen (secondary N) is 3. The highest BCUT2D eigenvalue weighted by atomic mass is 35.5. The Hall–Kier alpha value is -0.850. The van der Waals surface area contributed by atoms with Gasteiger partial charge in [0.05, 0.1) is 12.0 Å². The van der Waals surface area contributed by atoms with Crippen molar-refractivity contribution in [1.29, 1.82) is 0 Å². The van der Waals surface area contributed by atoms with Crippen LogP contribution >= 0.6 is 12.4 Å². The highest BCUT2D eigenvalue weighted by molar-refractivity contribution is 5.85. The fourth-order valence-corrected chi connectivity index (χ4v) is 2.54. The number of rotatable bonds is 8. The predicted molar refractivity (Wildman–Crippen MR) is 89.2 cm³/mol. The lowest BCUT2D eigenvalue weighted by Gasteiger charge is -2.35. The third-order valence-corrected chi connectivity index (χ3v) is 4.12. The highest BCUT2D eigenvalue weighted by Gasteiger charge is 2.39. The normalized spacial score (nSPS) is 18.0. The van der Waals surface area contributed by atoms with E-state index >= 15 is 0 Å². The molecule has 1 fully saturated rings. The minimum absolute atomic E-state index is 0. The summed E-state index contributed by atoms with van der Waals surface area (Å²) in [4.78, 5) is 24.1. The SMILES string of the molecule is CCC(C)NC(=O)CCNC(=O)C1(COC)CCNCC1.Cl. The van der Waals surface area contributed by atoms with Crippen molar-refractivity contribution in [2.24, 2.45) is 5.41 Å². The van der Waals surface area contributed by atoms with E-state index in [4.69, 9.17) is 4.74 Å². The van der Waals surface area contributed by atoms with Gasteiger partial charge >= 0.3 is 0 Å². The maximum absolute atomic E-state index is 12.4. The van der Waals surface area contributed by atoms with Crippen molar-refractivity contribution in [3.63, 3.8) is 0 Å². The Morgan fingerprint density at radius 3 is 2.50 bits per heavy atom. The Morgan fingerprint density at radius 2 is 1.95 bits per heavy atom. The smallest absolute Gasteiger partial charge is 0.228 e. The molecule has 1 rings (SSSR count). The molecule has 0 aliphatic carbocycles. The predicted octanol–water partition coefficient (Wildman–Crippen LogP) is 0.845. The molecule has 0 aromatic rings. The largest absolute Gasteiger partial charge is 0.384 e. The van der Waals surface area contributed by atoms with Crippen LogP contribution in [0, 0.1) is 5.41 Å². The third-order valence-electron chi connectivity index (χ3n) is 4.12. The van der Waals surface area contributed by atoms with E-state index in [1.165, 1.54) is 0 Å². The van der Waals surface area contributed by atoms with Gasteiger partial charge in [-0.05, 0) is 39.3 Å². The van der Waals surface area contributed by atoms with Gasteiger partial charge < -0.3 is 20.7 Å². The third kappa shape index (κ3) is 6.50. The molecule has 3 N–H and O–H groups in total. The number of piperidine rings is 1. The molecule has 7 heteroatoms. The molecule has 1 aliphatic heterocycles. The zero-order chi connectivity index (χ0) is 15.7. The average molecular weight is 336 g/mol. The lowest BCUT2D eigenvalue weighted by Crippen LogP contribution is -2.50. The molecule has 0 aromatic carbocycles.